The Kier molecular flexibility index (Phi) is 3.84. The van der Waals surface area contributed by atoms with Crippen LogP contribution >= 0.6 is 10.7 Å². The molecule has 0 bridgehead atoms. The number of ether oxygens (including phenoxy) is 2. The molecule has 6 heteroatoms. The first-order chi connectivity index (χ1) is 8.38. The Balaban J connectivity index is 2.30. The summed E-state index contributed by atoms with van der Waals surface area (Å²) in [5, 5.41) is 0. The Morgan fingerprint density at radius 1 is 1.33 bits per heavy atom. The lowest BCUT2D eigenvalue weighted by atomic mass is 10.1. The number of rotatable bonds is 3. The summed E-state index contributed by atoms with van der Waals surface area (Å²) in [5.74, 6) is 0.687. The fraction of sp³-hybridized carbons (Fsp3) is 0.500. The molecule has 0 radical (unpaired) electrons. The van der Waals surface area contributed by atoms with Crippen LogP contribution in [0.25, 0.3) is 0 Å². The highest BCUT2D eigenvalue weighted by Gasteiger charge is 2.20. The van der Waals surface area contributed by atoms with Gasteiger partial charge in [0.1, 0.15) is 11.9 Å². The summed E-state index contributed by atoms with van der Waals surface area (Å²) in [6, 6.07) is 3.26. The summed E-state index contributed by atoms with van der Waals surface area (Å²) in [6.07, 6.45) is 0.898. The standard InChI is InChI=1S/C12H15ClO4S/c1-8-6-12(18(13,14)15)9(2)5-11(8)17-10-3-4-16-7-10/h5-6,10H,3-4,7H2,1-2H3. The van der Waals surface area contributed by atoms with Gasteiger partial charge < -0.3 is 9.47 Å². The van der Waals surface area contributed by atoms with Crippen molar-refractivity contribution in [2.24, 2.45) is 0 Å². The minimum atomic E-state index is -3.71. The van der Waals surface area contributed by atoms with Gasteiger partial charge in [0, 0.05) is 17.1 Å². The molecule has 0 saturated carbocycles. The lowest BCUT2D eigenvalue weighted by Gasteiger charge is -2.15. The van der Waals surface area contributed by atoms with E-state index in [0.717, 1.165) is 12.0 Å². The van der Waals surface area contributed by atoms with Gasteiger partial charge in [-0.1, -0.05) is 0 Å². The summed E-state index contributed by atoms with van der Waals surface area (Å²) < 4.78 is 33.8. The molecule has 0 N–H and O–H groups in total. The molecule has 1 unspecified atom stereocenters. The highest BCUT2D eigenvalue weighted by molar-refractivity contribution is 8.13. The quantitative estimate of drug-likeness (QED) is 0.802. The van der Waals surface area contributed by atoms with Crippen molar-refractivity contribution in [3.8, 4) is 5.75 Å². The van der Waals surface area contributed by atoms with Gasteiger partial charge in [0.25, 0.3) is 9.05 Å². The first kappa shape index (κ1) is 13.6. The minimum absolute atomic E-state index is 0.0431. The summed E-state index contributed by atoms with van der Waals surface area (Å²) in [6.45, 7) is 4.79. The zero-order chi connectivity index (χ0) is 13.3. The summed E-state index contributed by atoms with van der Waals surface area (Å²) >= 11 is 0. The topological polar surface area (TPSA) is 52.6 Å². The van der Waals surface area contributed by atoms with E-state index in [1.807, 2.05) is 0 Å². The second kappa shape index (κ2) is 5.07. The largest absolute Gasteiger partial charge is 0.488 e. The van der Waals surface area contributed by atoms with E-state index in [2.05, 4.69) is 0 Å². The normalized spacial score (nSPS) is 20.1. The molecule has 0 amide bonds. The molecule has 1 fully saturated rings. The van der Waals surface area contributed by atoms with E-state index in [-0.39, 0.29) is 11.0 Å². The third-order valence-corrected chi connectivity index (χ3v) is 4.38. The van der Waals surface area contributed by atoms with Gasteiger partial charge in [-0.25, -0.2) is 8.42 Å². The molecule has 0 spiro atoms. The van der Waals surface area contributed by atoms with Crippen LogP contribution in [0.15, 0.2) is 17.0 Å². The smallest absolute Gasteiger partial charge is 0.261 e. The van der Waals surface area contributed by atoms with Crippen LogP contribution in [0.5, 0.6) is 5.75 Å². The fourth-order valence-electron chi connectivity index (χ4n) is 1.94. The third kappa shape index (κ3) is 2.96. The number of aryl methyl sites for hydroxylation is 2. The van der Waals surface area contributed by atoms with Crippen molar-refractivity contribution in [1.82, 2.24) is 0 Å². The lowest BCUT2D eigenvalue weighted by Crippen LogP contribution is -2.16. The Hall–Kier alpha value is -0.780. The Bertz CT molecular complexity index is 547. The second-order valence-electron chi connectivity index (χ2n) is 4.42. The van der Waals surface area contributed by atoms with Gasteiger partial charge in [0.05, 0.1) is 18.1 Å². The molecule has 1 saturated heterocycles. The molecule has 1 aliphatic heterocycles. The monoisotopic (exact) mass is 290 g/mol. The van der Waals surface area contributed by atoms with Crippen LogP contribution in [0, 0.1) is 13.8 Å². The Labute approximate surface area is 111 Å². The van der Waals surface area contributed by atoms with Crippen LogP contribution in [0.1, 0.15) is 17.5 Å². The van der Waals surface area contributed by atoms with Gasteiger partial charge >= 0.3 is 0 Å². The molecule has 1 atom stereocenters. The minimum Gasteiger partial charge on any atom is -0.488 e. The molecule has 0 aliphatic carbocycles. The SMILES string of the molecule is Cc1cc(S(=O)(=O)Cl)c(C)cc1OC1CCOC1. The van der Waals surface area contributed by atoms with Crippen molar-refractivity contribution >= 4 is 19.7 Å². The van der Waals surface area contributed by atoms with E-state index < -0.39 is 9.05 Å². The first-order valence-electron chi connectivity index (χ1n) is 5.68. The Morgan fingerprint density at radius 2 is 2.06 bits per heavy atom. The lowest BCUT2D eigenvalue weighted by molar-refractivity contribution is 0.141. The Morgan fingerprint density at radius 3 is 2.61 bits per heavy atom. The van der Waals surface area contributed by atoms with Gasteiger partial charge in [-0.15, -0.1) is 0 Å². The molecule has 4 nitrogen and oxygen atoms in total. The maximum atomic E-state index is 11.4. The molecule has 100 valence electrons. The average molecular weight is 291 g/mol. The molecule has 1 aliphatic rings. The maximum Gasteiger partial charge on any atom is 0.261 e. The third-order valence-electron chi connectivity index (χ3n) is 2.92. The second-order valence-corrected chi connectivity index (χ2v) is 6.96. The van der Waals surface area contributed by atoms with Crippen LogP contribution < -0.4 is 4.74 Å². The highest BCUT2D eigenvalue weighted by Crippen LogP contribution is 2.29. The van der Waals surface area contributed by atoms with Crippen LogP contribution in [0.4, 0.5) is 0 Å². The van der Waals surface area contributed by atoms with E-state index in [4.69, 9.17) is 20.2 Å². The zero-order valence-corrected chi connectivity index (χ0v) is 11.8. The molecule has 1 aromatic rings. The van der Waals surface area contributed by atoms with Crippen molar-refractivity contribution in [2.45, 2.75) is 31.3 Å². The van der Waals surface area contributed by atoms with Gasteiger partial charge in [-0.05, 0) is 37.1 Å². The van der Waals surface area contributed by atoms with Crippen molar-refractivity contribution in [3.05, 3.63) is 23.3 Å². The molecule has 1 aromatic carbocycles. The summed E-state index contributed by atoms with van der Waals surface area (Å²) in [7, 11) is 1.66. The predicted octanol–water partition coefficient (Wildman–Crippen LogP) is 2.40. The molecule has 2 rings (SSSR count). The molecular weight excluding hydrogens is 276 g/mol. The van der Waals surface area contributed by atoms with E-state index in [0.29, 0.717) is 24.5 Å². The van der Waals surface area contributed by atoms with E-state index in [9.17, 15) is 8.42 Å². The van der Waals surface area contributed by atoms with Crippen LogP contribution in [0.2, 0.25) is 0 Å². The van der Waals surface area contributed by atoms with Crippen molar-refractivity contribution in [3.63, 3.8) is 0 Å². The van der Waals surface area contributed by atoms with Gasteiger partial charge in [-0.3, -0.25) is 0 Å². The van der Waals surface area contributed by atoms with Crippen molar-refractivity contribution in [1.29, 1.82) is 0 Å². The molecule has 0 aromatic heterocycles. The molecular formula is C12H15ClO4S. The van der Waals surface area contributed by atoms with Crippen LogP contribution in [-0.2, 0) is 13.8 Å². The molecule has 1 heterocycles. The van der Waals surface area contributed by atoms with Gasteiger partial charge in [-0.2, -0.15) is 0 Å². The summed E-state index contributed by atoms with van der Waals surface area (Å²) in [5.41, 5.74) is 1.34. The average Bonchev–Trinajstić information content (AvgIpc) is 2.74. The van der Waals surface area contributed by atoms with E-state index in [1.54, 1.807) is 26.0 Å². The predicted molar refractivity (Wildman–Crippen MR) is 68.8 cm³/mol. The van der Waals surface area contributed by atoms with Crippen LogP contribution in [0.3, 0.4) is 0 Å². The number of halogens is 1. The van der Waals surface area contributed by atoms with E-state index >= 15 is 0 Å². The van der Waals surface area contributed by atoms with Gasteiger partial charge in [0.2, 0.25) is 0 Å². The number of hydrogen-bond acceptors (Lipinski definition) is 4. The van der Waals surface area contributed by atoms with Crippen molar-refractivity contribution < 1.29 is 17.9 Å². The number of benzene rings is 1. The zero-order valence-electron chi connectivity index (χ0n) is 10.3. The van der Waals surface area contributed by atoms with Gasteiger partial charge in [0.15, 0.2) is 0 Å². The highest BCUT2D eigenvalue weighted by atomic mass is 35.7. The summed E-state index contributed by atoms with van der Waals surface area (Å²) in [4.78, 5) is 0.136. The fourth-order valence-corrected chi connectivity index (χ4v) is 3.20. The van der Waals surface area contributed by atoms with Crippen LogP contribution in [-0.4, -0.2) is 27.7 Å². The molecule has 18 heavy (non-hydrogen) atoms. The maximum absolute atomic E-state index is 11.4. The van der Waals surface area contributed by atoms with E-state index in [1.165, 1.54) is 0 Å². The first-order valence-corrected chi connectivity index (χ1v) is 7.99. The van der Waals surface area contributed by atoms with Crippen molar-refractivity contribution in [2.75, 3.05) is 13.2 Å². The number of hydrogen-bond donors (Lipinski definition) is 0.